The summed E-state index contributed by atoms with van der Waals surface area (Å²) in [5, 5.41) is 12.6. The average molecular weight is 412 g/mol. The first-order chi connectivity index (χ1) is 12.7. The molecule has 4 rings (SSSR count). The minimum Gasteiger partial charge on any atom is -0.506 e. The Labute approximate surface area is 164 Å². The van der Waals surface area contributed by atoms with Gasteiger partial charge in [0.05, 0.1) is 16.7 Å². The van der Waals surface area contributed by atoms with E-state index in [1.807, 2.05) is 50.2 Å². The number of nitrogens with zero attached hydrogens (tertiary/aromatic N) is 1. The van der Waals surface area contributed by atoms with E-state index in [0.29, 0.717) is 0 Å². The number of fused-ring (bicyclic) bond motifs is 3. The predicted molar refractivity (Wildman–Crippen MR) is 117 cm³/mol. The lowest BCUT2D eigenvalue weighted by molar-refractivity contribution is 0.473. The maximum absolute atomic E-state index is 10.2. The highest BCUT2D eigenvalue weighted by Gasteiger charge is 2.13. The van der Waals surface area contributed by atoms with Gasteiger partial charge in [-0.1, -0.05) is 80.4 Å². The standard InChI is InChI=1S/C18H12BrNO.C3H8.C2H6/c19-12-9-10-16-14(11-12)13-5-1-2-6-15(13)20(16)17-7-3-4-8-18(17)21;1-3-2;1-2/h1-11,21H;3H2,1-2H3;1-2H3. The maximum Gasteiger partial charge on any atom is 0.139 e. The van der Waals surface area contributed by atoms with E-state index in [1.165, 1.54) is 17.2 Å². The summed E-state index contributed by atoms with van der Waals surface area (Å²) < 4.78 is 3.15. The molecule has 0 spiro atoms. The number of aromatic hydroxyl groups is 1. The molecule has 0 unspecified atom stereocenters. The fraction of sp³-hybridized carbons (Fsp3) is 0.217. The zero-order valence-corrected chi connectivity index (χ0v) is 17.4. The van der Waals surface area contributed by atoms with Crippen LogP contribution in [0.25, 0.3) is 27.5 Å². The van der Waals surface area contributed by atoms with Gasteiger partial charge >= 0.3 is 0 Å². The molecule has 0 saturated carbocycles. The van der Waals surface area contributed by atoms with Crippen molar-refractivity contribution >= 4 is 37.7 Å². The molecule has 4 aromatic rings. The number of para-hydroxylation sites is 3. The van der Waals surface area contributed by atoms with Crippen LogP contribution in [0.2, 0.25) is 0 Å². The number of phenols is 1. The Morgan fingerprint density at radius 1 is 0.808 bits per heavy atom. The van der Waals surface area contributed by atoms with Crippen molar-refractivity contribution in [3.63, 3.8) is 0 Å². The van der Waals surface area contributed by atoms with Crippen LogP contribution >= 0.6 is 15.9 Å². The molecule has 1 heterocycles. The van der Waals surface area contributed by atoms with E-state index >= 15 is 0 Å². The van der Waals surface area contributed by atoms with Gasteiger partial charge in [-0.05, 0) is 36.4 Å². The Morgan fingerprint density at radius 3 is 2.08 bits per heavy atom. The third-order valence-electron chi connectivity index (χ3n) is 3.76. The van der Waals surface area contributed by atoms with Crippen LogP contribution in [0.5, 0.6) is 5.75 Å². The smallest absolute Gasteiger partial charge is 0.139 e. The normalized spacial score (nSPS) is 10.0. The Kier molecular flexibility index (Phi) is 7.28. The van der Waals surface area contributed by atoms with Crippen LogP contribution in [0.3, 0.4) is 0 Å². The molecule has 1 N–H and O–H groups in total. The second-order valence-electron chi connectivity index (χ2n) is 5.71. The molecule has 0 aliphatic rings. The van der Waals surface area contributed by atoms with Gasteiger partial charge in [0, 0.05) is 15.2 Å². The molecular formula is C23H26BrNO. The molecule has 1 aromatic heterocycles. The van der Waals surface area contributed by atoms with Crippen molar-refractivity contribution < 1.29 is 5.11 Å². The lowest BCUT2D eigenvalue weighted by Crippen LogP contribution is -1.93. The van der Waals surface area contributed by atoms with Crippen molar-refractivity contribution in [2.45, 2.75) is 34.1 Å². The molecule has 0 bridgehead atoms. The van der Waals surface area contributed by atoms with Crippen LogP contribution in [0, 0.1) is 0 Å². The number of aromatic nitrogens is 1. The Bertz CT molecular complexity index is 988. The third-order valence-corrected chi connectivity index (χ3v) is 4.25. The number of halogens is 1. The number of benzene rings is 3. The summed E-state index contributed by atoms with van der Waals surface area (Å²) in [5.41, 5.74) is 2.97. The second-order valence-corrected chi connectivity index (χ2v) is 6.63. The fourth-order valence-corrected chi connectivity index (χ4v) is 3.22. The van der Waals surface area contributed by atoms with Gasteiger partial charge < -0.3 is 9.67 Å². The molecule has 0 fully saturated rings. The zero-order chi connectivity index (χ0) is 19.1. The molecule has 0 saturated heterocycles. The highest BCUT2D eigenvalue weighted by Crippen LogP contribution is 2.35. The molecule has 2 nitrogen and oxygen atoms in total. The molecule has 136 valence electrons. The number of hydrogen-bond donors (Lipinski definition) is 1. The first kappa shape index (κ1) is 20.1. The van der Waals surface area contributed by atoms with Gasteiger partial charge in [0.1, 0.15) is 5.75 Å². The van der Waals surface area contributed by atoms with Crippen molar-refractivity contribution in [3.8, 4) is 11.4 Å². The van der Waals surface area contributed by atoms with Gasteiger partial charge in [-0.25, -0.2) is 0 Å². The summed E-state index contributed by atoms with van der Waals surface area (Å²) >= 11 is 3.54. The molecule has 0 radical (unpaired) electrons. The van der Waals surface area contributed by atoms with E-state index in [1.54, 1.807) is 6.07 Å². The minimum atomic E-state index is 0.281. The summed E-state index contributed by atoms with van der Waals surface area (Å²) in [5.74, 6) is 0.281. The van der Waals surface area contributed by atoms with Crippen LogP contribution < -0.4 is 0 Å². The monoisotopic (exact) mass is 411 g/mol. The summed E-state index contributed by atoms with van der Waals surface area (Å²) in [6.45, 7) is 8.25. The first-order valence-corrected chi connectivity index (χ1v) is 9.93. The Hall–Kier alpha value is -2.26. The molecule has 3 aromatic carbocycles. The summed E-state index contributed by atoms with van der Waals surface area (Å²) in [6.07, 6.45) is 1.25. The lowest BCUT2D eigenvalue weighted by atomic mass is 10.2. The second kappa shape index (κ2) is 9.44. The van der Waals surface area contributed by atoms with Gasteiger partial charge in [0.15, 0.2) is 0 Å². The van der Waals surface area contributed by atoms with E-state index in [-0.39, 0.29) is 5.75 Å². The van der Waals surface area contributed by atoms with Gasteiger partial charge in [-0.15, -0.1) is 0 Å². The van der Waals surface area contributed by atoms with Crippen molar-refractivity contribution in [2.24, 2.45) is 0 Å². The van der Waals surface area contributed by atoms with Crippen molar-refractivity contribution in [1.29, 1.82) is 0 Å². The van der Waals surface area contributed by atoms with Gasteiger partial charge in [0.2, 0.25) is 0 Å². The Balaban J connectivity index is 0.000000444. The van der Waals surface area contributed by atoms with Gasteiger partial charge in [-0.3, -0.25) is 0 Å². The van der Waals surface area contributed by atoms with E-state index in [4.69, 9.17) is 0 Å². The van der Waals surface area contributed by atoms with Gasteiger partial charge in [0.25, 0.3) is 0 Å². The quantitative estimate of drug-likeness (QED) is 0.341. The van der Waals surface area contributed by atoms with Crippen molar-refractivity contribution in [3.05, 3.63) is 71.2 Å². The van der Waals surface area contributed by atoms with Gasteiger partial charge in [-0.2, -0.15) is 0 Å². The lowest BCUT2D eigenvalue weighted by Gasteiger charge is -2.09. The first-order valence-electron chi connectivity index (χ1n) is 9.14. The SMILES string of the molecule is CC.CCC.Oc1ccccc1-n1c2ccccc2c2cc(Br)ccc21. The van der Waals surface area contributed by atoms with E-state index in [2.05, 4.69) is 58.6 Å². The number of hydrogen-bond acceptors (Lipinski definition) is 1. The Morgan fingerprint density at radius 2 is 1.38 bits per heavy atom. The number of rotatable bonds is 1. The third kappa shape index (κ3) is 3.94. The van der Waals surface area contributed by atoms with Crippen LogP contribution in [0.4, 0.5) is 0 Å². The summed E-state index contributed by atoms with van der Waals surface area (Å²) in [6, 6.07) is 21.9. The van der Waals surface area contributed by atoms with E-state index in [0.717, 1.165) is 21.2 Å². The molecule has 3 heteroatoms. The average Bonchev–Trinajstić information content (AvgIpc) is 2.98. The van der Waals surface area contributed by atoms with Crippen LogP contribution in [0.1, 0.15) is 34.1 Å². The number of phenolic OH excluding ortho intramolecular Hbond substituents is 1. The molecule has 0 aliphatic carbocycles. The molecule has 0 aliphatic heterocycles. The maximum atomic E-state index is 10.2. The topological polar surface area (TPSA) is 25.2 Å². The van der Waals surface area contributed by atoms with Crippen LogP contribution in [-0.2, 0) is 0 Å². The largest absolute Gasteiger partial charge is 0.506 e. The fourth-order valence-electron chi connectivity index (χ4n) is 2.86. The highest BCUT2D eigenvalue weighted by atomic mass is 79.9. The zero-order valence-electron chi connectivity index (χ0n) is 15.8. The van der Waals surface area contributed by atoms with Crippen LogP contribution in [0.15, 0.2) is 71.2 Å². The van der Waals surface area contributed by atoms with Crippen LogP contribution in [-0.4, -0.2) is 9.67 Å². The molecule has 0 atom stereocenters. The van der Waals surface area contributed by atoms with Crippen molar-refractivity contribution in [2.75, 3.05) is 0 Å². The highest BCUT2D eigenvalue weighted by molar-refractivity contribution is 9.10. The predicted octanol–water partition coefficient (Wildman–Crippen LogP) is 7.69. The summed E-state index contributed by atoms with van der Waals surface area (Å²) in [7, 11) is 0. The summed E-state index contributed by atoms with van der Waals surface area (Å²) in [4.78, 5) is 0. The molecule has 26 heavy (non-hydrogen) atoms. The van der Waals surface area contributed by atoms with E-state index in [9.17, 15) is 5.11 Å². The molecular weight excluding hydrogens is 386 g/mol. The van der Waals surface area contributed by atoms with E-state index < -0.39 is 0 Å². The molecule has 0 amide bonds. The minimum absolute atomic E-state index is 0.281. The van der Waals surface area contributed by atoms with Crippen molar-refractivity contribution in [1.82, 2.24) is 4.57 Å².